The molecule has 3 rings (SSSR count). The Balaban J connectivity index is 1.50. The molecule has 0 spiro atoms. The van der Waals surface area contributed by atoms with Crippen LogP contribution >= 0.6 is 11.3 Å². The predicted molar refractivity (Wildman–Crippen MR) is 110 cm³/mol. The van der Waals surface area contributed by atoms with Crippen molar-refractivity contribution in [1.82, 2.24) is 9.80 Å². The number of piperazine rings is 1. The van der Waals surface area contributed by atoms with Crippen LogP contribution in [0.4, 0.5) is 5.69 Å². The first-order valence-electron chi connectivity index (χ1n) is 9.56. The van der Waals surface area contributed by atoms with Crippen LogP contribution in [0.2, 0.25) is 0 Å². The van der Waals surface area contributed by atoms with Crippen molar-refractivity contribution in [2.45, 2.75) is 33.2 Å². The minimum atomic E-state index is 0.104. The van der Waals surface area contributed by atoms with Gasteiger partial charge in [0.05, 0.1) is 6.54 Å². The number of hydrogen-bond donors (Lipinski definition) is 1. The van der Waals surface area contributed by atoms with Crippen LogP contribution in [-0.4, -0.2) is 48.4 Å². The van der Waals surface area contributed by atoms with Gasteiger partial charge in [-0.1, -0.05) is 32.0 Å². The Bertz CT molecular complexity index is 684. The van der Waals surface area contributed by atoms with E-state index >= 15 is 0 Å². The number of aryl methyl sites for hydroxylation is 2. The fourth-order valence-corrected chi connectivity index (χ4v) is 4.19. The highest BCUT2D eigenvalue weighted by molar-refractivity contribution is 7.07. The van der Waals surface area contributed by atoms with E-state index in [0.717, 1.165) is 51.3 Å². The van der Waals surface area contributed by atoms with Crippen molar-refractivity contribution in [3.05, 3.63) is 51.7 Å². The quantitative estimate of drug-likeness (QED) is 0.807. The van der Waals surface area contributed by atoms with Gasteiger partial charge in [0.1, 0.15) is 0 Å². The highest BCUT2D eigenvalue weighted by Crippen LogP contribution is 2.22. The molecule has 1 aromatic carbocycles. The summed E-state index contributed by atoms with van der Waals surface area (Å²) in [5.74, 6) is 0.104. The Morgan fingerprint density at radius 3 is 2.27 bits per heavy atom. The van der Waals surface area contributed by atoms with Crippen LogP contribution in [0.25, 0.3) is 0 Å². The molecule has 1 amide bonds. The van der Waals surface area contributed by atoms with Gasteiger partial charge in [-0.25, -0.2) is 0 Å². The predicted octanol–water partition coefficient (Wildman–Crippen LogP) is 3.63. The number of nitrogens with one attached hydrogen (secondary N) is 1. The first-order chi connectivity index (χ1) is 12.7. The zero-order valence-electron chi connectivity index (χ0n) is 15.8. The average molecular weight is 372 g/mol. The van der Waals surface area contributed by atoms with E-state index in [0.29, 0.717) is 6.54 Å². The van der Waals surface area contributed by atoms with Crippen LogP contribution in [0.1, 0.15) is 30.5 Å². The second kappa shape index (κ2) is 9.31. The van der Waals surface area contributed by atoms with Gasteiger partial charge < -0.3 is 5.32 Å². The SMILES string of the molecule is CCc1cccc(CC)c1NC(=O)CN1CCN(Cc2ccsc2)CC1. The van der Waals surface area contributed by atoms with Crippen molar-refractivity contribution in [1.29, 1.82) is 0 Å². The van der Waals surface area contributed by atoms with Crippen LogP contribution < -0.4 is 5.32 Å². The number of carbonyl (C=O) groups excluding carboxylic acids is 1. The van der Waals surface area contributed by atoms with Gasteiger partial charge in [0.15, 0.2) is 0 Å². The van der Waals surface area contributed by atoms with Crippen molar-refractivity contribution >= 4 is 22.9 Å². The average Bonchev–Trinajstić information content (AvgIpc) is 3.16. The third-order valence-electron chi connectivity index (χ3n) is 5.08. The van der Waals surface area contributed by atoms with Crippen LogP contribution in [0, 0.1) is 0 Å². The Labute approximate surface area is 160 Å². The molecule has 2 aromatic rings. The van der Waals surface area contributed by atoms with Gasteiger partial charge in [-0.2, -0.15) is 11.3 Å². The molecule has 0 aliphatic carbocycles. The molecule has 1 aromatic heterocycles. The summed E-state index contributed by atoms with van der Waals surface area (Å²) in [5.41, 5.74) is 4.86. The molecule has 2 heterocycles. The fourth-order valence-electron chi connectivity index (χ4n) is 3.53. The summed E-state index contributed by atoms with van der Waals surface area (Å²) in [6.45, 7) is 9.72. The highest BCUT2D eigenvalue weighted by atomic mass is 32.1. The highest BCUT2D eigenvalue weighted by Gasteiger charge is 2.20. The standard InChI is InChI=1S/C21H29N3OS/c1-3-18-6-5-7-19(4-2)21(18)22-20(25)15-24-11-9-23(10-12-24)14-17-8-13-26-16-17/h5-8,13,16H,3-4,9-12,14-15H2,1-2H3,(H,22,25). The van der Waals surface area contributed by atoms with Crippen LogP contribution in [0.5, 0.6) is 0 Å². The van der Waals surface area contributed by atoms with Gasteiger partial charge in [-0.05, 0) is 46.4 Å². The molecule has 1 saturated heterocycles. The molecule has 140 valence electrons. The maximum absolute atomic E-state index is 12.6. The molecule has 1 fully saturated rings. The summed E-state index contributed by atoms with van der Waals surface area (Å²) in [7, 11) is 0. The molecule has 1 aliphatic heterocycles. The normalized spacial score (nSPS) is 15.9. The summed E-state index contributed by atoms with van der Waals surface area (Å²) in [6, 6.07) is 8.50. The summed E-state index contributed by atoms with van der Waals surface area (Å²) in [4.78, 5) is 17.3. The number of amides is 1. The maximum atomic E-state index is 12.6. The number of benzene rings is 1. The molecule has 26 heavy (non-hydrogen) atoms. The van der Waals surface area contributed by atoms with E-state index in [1.54, 1.807) is 11.3 Å². The van der Waals surface area contributed by atoms with Crippen LogP contribution in [-0.2, 0) is 24.2 Å². The van der Waals surface area contributed by atoms with E-state index in [4.69, 9.17) is 0 Å². The van der Waals surface area contributed by atoms with E-state index in [9.17, 15) is 4.79 Å². The van der Waals surface area contributed by atoms with E-state index in [-0.39, 0.29) is 5.91 Å². The van der Waals surface area contributed by atoms with Gasteiger partial charge in [-0.3, -0.25) is 14.6 Å². The molecule has 5 heteroatoms. The van der Waals surface area contributed by atoms with Crippen LogP contribution in [0.3, 0.4) is 0 Å². The number of para-hydroxylation sites is 1. The first-order valence-corrected chi connectivity index (χ1v) is 10.5. The summed E-state index contributed by atoms with van der Waals surface area (Å²) < 4.78 is 0. The lowest BCUT2D eigenvalue weighted by Gasteiger charge is -2.34. The zero-order valence-corrected chi connectivity index (χ0v) is 16.6. The van der Waals surface area contributed by atoms with E-state index in [2.05, 4.69) is 64.0 Å². The molecule has 0 unspecified atom stereocenters. The van der Waals surface area contributed by atoms with Gasteiger partial charge >= 0.3 is 0 Å². The Hall–Kier alpha value is -1.69. The largest absolute Gasteiger partial charge is 0.324 e. The van der Waals surface area contributed by atoms with E-state index < -0.39 is 0 Å². The number of anilines is 1. The molecular weight excluding hydrogens is 342 g/mol. The third kappa shape index (κ3) is 4.93. The zero-order chi connectivity index (χ0) is 18.4. The molecule has 0 saturated carbocycles. The molecule has 1 N–H and O–H groups in total. The van der Waals surface area contributed by atoms with Gasteiger partial charge in [0.25, 0.3) is 0 Å². The van der Waals surface area contributed by atoms with Crippen molar-refractivity contribution in [2.75, 3.05) is 38.0 Å². The topological polar surface area (TPSA) is 35.6 Å². The minimum Gasteiger partial charge on any atom is -0.324 e. The smallest absolute Gasteiger partial charge is 0.238 e. The number of nitrogens with zero attached hydrogens (tertiary/aromatic N) is 2. The summed E-state index contributed by atoms with van der Waals surface area (Å²) in [5, 5.41) is 7.54. The fraction of sp³-hybridized carbons (Fsp3) is 0.476. The summed E-state index contributed by atoms with van der Waals surface area (Å²) in [6.07, 6.45) is 1.87. The number of hydrogen-bond acceptors (Lipinski definition) is 4. The van der Waals surface area contributed by atoms with Crippen molar-refractivity contribution in [3.8, 4) is 0 Å². The third-order valence-corrected chi connectivity index (χ3v) is 5.81. The lowest BCUT2D eigenvalue weighted by Crippen LogP contribution is -2.48. The van der Waals surface area contributed by atoms with Crippen molar-refractivity contribution in [3.63, 3.8) is 0 Å². The molecule has 1 aliphatic rings. The van der Waals surface area contributed by atoms with Gasteiger partial charge in [-0.15, -0.1) is 0 Å². The molecule has 0 atom stereocenters. The number of rotatable bonds is 7. The van der Waals surface area contributed by atoms with E-state index in [1.807, 2.05) is 0 Å². The Morgan fingerprint density at radius 2 is 1.69 bits per heavy atom. The second-order valence-corrected chi connectivity index (χ2v) is 7.67. The Kier molecular flexibility index (Phi) is 6.83. The van der Waals surface area contributed by atoms with Crippen molar-refractivity contribution < 1.29 is 4.79 Å². The Morgan fingerprint density at radius 1 is 1.04 bits per heavy atom. The lowest BCUT2D eigenvalue weighted by molar-refractivity contribution is -0.117. The van der Waals surface area contributed by atoms with Gasteiger partial charge in [0.2, 0.25) is 5.91 Å². The van der Waals surface area contributed by atoms with Gasteiger partial charge in [0, 0.05) is 38.4 Å². The van der Waals surface area contributed by atoms with E-state index in [1.165, 1.54) is 16.7 Å². The minimum absolute atomic E-state index is 0.104. The maximum Gasteiger partial charge on any atom is 0.238 e. The van der Waals surface area contributed by atoms with Crippen LogP contribution in [0.15, 0.2) is 35.0 Å². The number of carbonyl (C=O) groups is 1. The molecule has 0 radical (unpaired) electrons. The van der Waals surface area contributed by atoms with Crippen molar-refractivity contribution in [2.24, 2.45) is 0 Å². The first kappa shape index (κ1) is 19.1. The second-order valence-electron chi connectivity index (χ2n) is 6.89. The number of thiophene rings is 1. The molecular formula is C21H29N3OS. The molecule has 0 bridgehead atoms. The summed E-state index contributed by atoms with van der Waals surface area (Å²) >= 11 is 1.75. The lowest BCUT2D eigenvalue weighted by atomic mass is 10.0. The monoisotopic (exact) mass is 371 g/mol. The molecule has 4 nitrogen and oxygen atoms in total.